The van der Waals surface area contributed by atoms with Crippen LogP contribution in [0.4, 0.5) is 0 Å². The van der Waals surface area contributed by atoms with Crippen molar-refractivity contribution in [2.45, 2.75) is 45.8 Å². The molecule has 1 amide bonds. The molecule has 7 aromatic rings. The number of methoxy groups -OCH3 is 2. The molecule has 0 atom stereocenters. The Bertz CT molecular complexity index is 2670. The number of carbonyl (C=O) groups excluding carboxylic acids is 1. The van der Waals surface area contributed by atoms with Crippen molar-refractivity contribution in [1.82, 2.24) is 19.8 Å². The Hall–Kier alpha value is -7.40. The van der Waals surface area contributed by atoms with Crippen molar-refractivity contribution >= 4 is 21.9 Å². The van der Waals surface area contributed by atoms with Gasteiger partial charge >= 0.3 is 11.9 Å². The van der Waals surface area contributed by atoms with Crippen molar-refractivity contribution in [3.63, 3.8) is 0 Å². The highest BCUT2D eigenvalue weighted by Gasteiger charge is 2.28. The Balaban J connectivity index is 0.000000213. The SMILES string of the molecule is COc1ccc(-c2ccc(OCc3cc(C(=O)NS(=O)(=O)c4c(C)noc4C)oc3C)cc2)nc1.COc1ccc(-c2ccc(OCc3cc(C(=O)O)oc3C)cc2)nc1. The summed E-state index contributed by atoms with van der Waals surface area (Å²) in [7, 11) is -0.988. The van der Waals surface area contributed by atoms with E-state index in [1.807, 2.05) is 65.4 Å². The molecule has 7 rings (SSSR count). The Morgan fingerprint density at radius 1 is 0.650 bits per heavy atom. The fourth-order valence-corrected chi connectivity index (χ4v) is 7.02. The quantitative estimate of drug-likeness (QED) is 0.106. The number of rotatable bonds is 14. The second-order valence-corrected chi connectivity index (χ2v) is 14.7. The van der Waals surface area contributed by atoms with E-state index in [9.17, 15) is 18.0 Å². The molecule has 60 heavy (non-hydrogen) atoms. The lowest BCUT2D eigenvalue weighted by Crippen LogP contribution is -2.31. The lowest BCUT2D eigenvalue weighted by molar-refractivity contribution is 0.0660. The number of pyridine rings is 2. The molecule has 0 bridgehead atoms. The van der Waals surface area contributed by atoms with Crippen LogP contribution < -0.4 is 23.7 Å². The van der Waals surface area contributed by atoms with Gasteiger partial charge in [0.1, 0.15) is 53.4 Å². The van der Waals surface area contributed by atoms with Gasteiger partial charge in [0, 0.05) is 22.3 Å². The molecule has 0 aliphatic rings. The van der Waals surface area contributed by atoms with Gasteiger partial charge in [-0.05, 0) is 113 Å². The molecule has 0 saturated carbocycles. The summed E-state index contributed by atoms with van der Waals surface area (Å²) in [6.45, 7) is 6.66. The van der Waals surface area contributed by atoms with Crippen LogP contribution in [0.3, 0.4) is 0 Å². The largest absolute Gasteiger partial charge is 0.495 e. The molecular formula is C43H40N4O12S. The number of hydrogen-bond donors (Lipinski definition) is 2. The van der Waals surface area contributed by atoms with Crippen molar-refractivity contribution in [1.29, 1.82) is 0 Å². The van der Waals surface area contributed by atoms with E-state index in [0.29, 0.717) is 45.6 Å². The molecule has 5 aromatic heterocycles. The molecule has 5 heterocycles. The zero-order valence-electron chi connectivity index (χ0n) is 33.3. The first kappa shape index (κ1) is 42.2. The predicted octanol–water partition coefficient (Wildman–Crippen LogP) is 7.90. The number of nitrogens with one attached hydrogen (secondary N) is 1. The molecule has 0 fully saturated rings. The minimum absolute atomic E-state index is 0.0845. The minimum Gasteiger partial charge on any atom is -0.495 e. The molecule has 310 valence electrons. The van der Waals surface area contributed by atoms with Gasteiger partial charge in [-0.15, -0.1) is 0 Å². The first-order valence-electron chi connectivity index (χ1n) is 18.1. The number of nitrogens with zero attached hydrogens (tertiary/aromatic N) is 3. The Kier molecular flexibility index (Phi) is 13.0. The number of hydrogen-bond acceptors (Lipinski definition) is 14. The van der Waals surface area contributed by atoms with Gasteiger partial charge in [0.25, 0.3) is 10.0 Å². The maximum atomic E-state index is 12.6. The molecule has 0 radical (unpaired) electrons. The van der Waals surface area contributed by atoms with Gasteiger partial charge < -0.3 is 37.4 Å². The van der Waals surface area contributed by atoms with Crippen molar-refractivity contribution in [2.75, 3.05) is 14.2 Å². The molecule has 17 heteroatoms. The summed E-state index contributed by atoms with van der Waals surface area (Å²) < 4.78 is 64.4. The number of benzene rings is 2. The first-order chi connectivity index (χ1) is 28.7. The molecule has 2 N–H and O–H groups in total. The van der Waals surface area contributed by atoms with Gasteiger partial charge in [-0.25, -0.2) is 17.9 Å². The third-order valence-corrected chi connectivity index (χ3v) is 10.5. The molecule has 0 aliphatic carbocycles. The molecule has 2 aromatic carbocycles. The van der Waals surface area contributed by atoms with E-state index < -0.39 is 21.9 Å². The molecule has 0 aliphatic heterocycles. The van der Waals surface area contributed by atoms with Gasteiger partial charge in [0.15, 0.2) is 16.4 Å². The van der Waals surface area contributed by atoms with E-state index >= 15 is 0 Å². The lowest BCUT2D eigenvalue weighted by atomic mass is 10.1. The highest BCUT2D eigenvalue weighted by Crippen LogP contribution is 2.26. The van der Waals surface area contributed by atoms with Crippen LogP contribution in [0.15, 0.2) is 116 Å². The van der Waals surface area contributed by atoms with Crippen molar-refractivity contribution in [2.24, 2.45) is 0 Å². The smallest absolute Gasteiger partial charge is 0.371 e. The monoisotopic (exact) mass is 836 g/mol. The summed E-state index contributed by atoms with van der Waals surface area (Å²) in [5.41, 5.74) is 4.97. The van der Waals surface area contributed by atoms with Crippen LogP contribution in [0.5, 0.6) is 23.0 Å². The number of furan rings is 2. The third-order valence-electron chi connectivity index (χ3n) is 8.97. The lowest BCUT2D eigenvalue weighted by Gasteiger charge is -2.07. The molecule has 16 nitrogen and oxygen atoms in total. The maximum absolute atomic E-state index is 12.6. The van der Waals surface area contributed by atoms with Gasteiger partial charge in [0.05, 0.1) is 38.0 Å². The molecule has 0 spiro atoms. The molecular weight excluding hydrogens is 797 g/mol. The van der Waals surface area contributed by atoms with Gasteiger partial charge in [-0.1, -0.05) is 5.16 Å². The zero-order valence-corrected chi connectivity index (χ0v) is 34.2. The number of ether oxygens (including phenoxy) is 4. The van der Waals surface area contributed by atoms with E-state index in [2.05, 4.69) is 15.1 Å². The minimum atomic E-state index is -4.17. The maximum Gasteiger partial charge on any atom is 0.371 e. The summed E-state index contributed by atoms with van der Waals surface area (Å²) in [6, 6.07) is 25.2. The van der Waals surface area contributed by atoms with E-state index in [1.165, 1.54) is 26.0 Å². The number of aryl methyl sites for hydroxylation is 4. The fourth-order valence-electron chi connectivity index (χ4n) is 5.73. The number of carboxylic acid groups (broad SMARTS) is 1. The van der Waals surface area contributed by atoms with Crippen LogP contribution in [0, 0.1) is 27.7 Å². The number of sulfonamides is 1. The van der Waals surface area contributed by atoms with E-state index in [-0.39, 0.29) is 41.1 Å². The van der Waals surface area contributed by atoms with Crippen molar-refractivity contribution < 1.29 is 55.4 Å². The zero-order chi connectivity index (χ0) is 43.0. The van der Waals surface area contributed by atoms with Crippen molar-refractivity contribution in [3.8, 4) is 45.5 Å². The Morgan fingerprint density at radius 2 is 1.10 bits per heavy atom. The topological polar surface area (TPSA) is 216 Å². The average molecular weight is 837 g/mol. The average Bonchev–Trinajstić information content (AvgIpc) is 3.94. The predicted molar refractivity (Wildman–Crippen MR) is 216 cm³/mol. The van der Waals surface area contributed by atoms with Crippen LogP contribution in [0.1, 0.15) is 55.2 Å². The Labute approximate surface area is 344 Å². The van der Waals surface area contributed by atoms with Gasteiger partial charge in [0.2, 0.25) is 5.76 Å². The van der Waals surface area contributed by atoms with Gasteiger partial charge in [-0.3, -0.25) is 14.8 Å². The summed E-state index contributed by atoms with van der Waals surface area (Å²) in [6.07, 6.45) is 3.32. The Morgan fingerprint density at radius 3 is 1.48 bits per heavy atom. The second kappa shape index (κ2) is 18.5. The number of carbonyl (C=O) groups is 2. The van der Waals surface area contributed by atoms with E-state index in [4.69, 9.17) is 37.4 Å². The summed E-state index contributed by atoms with van der Waals surface area (Å²) in [5, 5.41) is 12.5. The van der Waals surface area contributed by atoms with Crippen LogP contribution >= 0.6 is 0 Å². The summed E-state index contributed by atoms with van der Waals surface area (Å²) in [4.78, 5) is 32.0. The summed E-state index contributed by atoms with van der Waals surface area (Å²) in [5.74, 6) is 1.49. The number of aromatic nitrogens is 3. The molecule has 0 saturated heterocycles. The summed E-state index contributed by atoms with van der Waals surface area (Å²) >= 11 is 0. The highest BCUT2D eigenvalue weighted by molar-refractivity contribution is 7.90. The first-order valence-corrected chi connectivity index (χ1v) is 19.6. The van der Waals surface area contributed by atoms with Crippen molar-refractivity contribution in [3.05, 3.63) is 143 Å². The highest BCUT2D eigenvalue weighted by atomic mass is 32.2. The third kappa shape index (κ3) is 10.2. The number of carboxylic acids is 1. The normalized spacial score (nSPS) is 11.0. The van der Waals surface area contributed by atoms with Crippen LogP contribution in [0.2, 0.25) is 0 Å². The van der Waals surface area contributed by atoms with Gasteiger partial charge in [-0.2, -0.15) is 0 Å². The number of aromatic carboxylic acids is 1. The second-order valence-electron chi connectivity index (χ2n) is 13.1. The van der Waals surface area contributed by atoms with E-state index in [0.717, 1.165) is 22.5 Å². The fraction of sp³-hybridized carbons (Fsp3) is 0.186. The van der Waals surface area contributed by atoms with E-state index in [1.54, 1.807) is 52.6 Å². The number of amides is 1. The standard InChI is InChI=1S/C24H23N3O7S.C19H17NO5/c1-14-23(16(3)34-26-14)35(29,30)27-24(28)22-11-18(15(2)33-22)13-32-19-7-5-17(6-8-19)21-10-9-20(31-4)12-25-21;1-12-14(9-18(25-12)19(21)22)11-24-15-5-3-13(4-6-15)17-8-7-16(23-2)10-20-17/h5-12H,13H2,1-4H3,(H,27,28);3-10H,11H2,1-2H3,(H,21,22). The van der Waals surface area contributed by atoms with Crippen LogP contribution in [-0.2, 0) is 23.2 Å². The van der Waals surface area contributed by atoms with Crippen LogP contribution in [-0.4, -0.2) is 54.7 Å². The van der Waals surface area contributed by atoms with Crippen LogP contribution in [0.25, 0.3) is 22.5 Å². The molecule has 0 unspecified atom stereocenters.